The Morgan fingerprint density at radius 2 is 1.41 bits per heavy atom. The first-order valence-electron chi connectivity index (χ1n) is 17.7. The number of fused-ring (bicyclic) bond motifs is 1. The second kappa shape index (κ2) is 13.5. The number of carbonyl (C=O) groups excluding carboxylic acids is 4. The lowest BCUT2D eigenvalue weighted by molar-refractivity contribution is -0.206. The molecule has 0 radical (unpaired) electrons. The Labute approximate surface area is 275 Å². The molecule has 1 aliphatic heterocycles. The highest BCUT2D eigenvalue weighted by Gasteiger charge is 2.72. The molecule has 0 aromatic rings. The molecule has 0 aromatic carbocycles. The number of nitrogens with zero attached hydrogens (tertiary/aromatic N) is 1. The van der Waals surface area contributed by atoms with E-state index in [0.717, 1.165) is 24.7 Å². The number of ether oxygens (including phenoxy) is 4. The van der Waals surface area contributed by atoms with Crippen LogP contribution in [0.2, 0.25) is 0 Å². The zero-order valence-corrected chi connectivity index (χ0v) is 29.7. The fourth-order valence-electron chi connectivity index (χ4n) is 8.64. The Morgan fingerprint density at radius 3 is 1.87 bits per heavy atom. The molecule has 0 spiro atoms. The molecular weight excluding hydrogens is 586 g/mol. The first-order chi connectivity index (χ1) is 21.4. The molecule has 7 aliphatic rings. The highest BCUT2D eigenvalue weighted by molar-refractivity contribution is 5.84. The van der Waals surface area contributed by atoms with Crippen LogP contribution in [-0.2, 0) is 38.1 Å². The van der Waals surface area contributed by atoms with Gasteiger partial charge in [-0.25, -0.2) is 0 Å². The van der Waals surface area contributed by atoms with Crippen molar-refractivity contribution in [3.63, 3.8) is 0 Å². The van der Waals surface area contributed by atoms with E-state index in [0.29, 0.717) is 18.3 Å². The van der Waals surface area contributed by atoms with Gasteiger partial charge in [-0.1, -0.05) is 48.5 Å². The highest BCUT2D eigenvalue weighted by Crippen LogP contribution is 2.62. The summed E-state index contributed by atoms with van der Waals surface area (Å²) in [6.07, 6.45) is 7.97. The highest BCUT2D eigenvalue weighted by atomic mass is 16.6. The van der Waals surface area contributed by atoms with E-state index in [1.54, 1.807) is 13.8 Å². The van der Waals surface area contributed by atoms with Gasteiger partial charge in [0.25, 0.3) is 0 Å². The second-order valence-corrected chi connectivity index (χ2v) is 16.6. The molecule has 0 N–H and O–H groups in total. The van der Waals surface area contributed by atoms with Crippen LogP contribution in [0.25, 0.3) is 0 Å². The van der Waals surface area contributed by atoms with Crippen LogP contribution in [0.5, 0.6) is 0 Å². The van der Waals surface area contributed by atoms with Crippen molar-refractivity contribution in [2.24, 2.45) is 58.7 Å². The molecule has 9 nitrogen and oxygen atoms in total. The number of esters is 4. The molecule has 1 saturated heterocycles. The topological polar surface area (TPSA) is 129 Å². The van der Waals surface area contributed by atoms with Gasteiger partial charge in [-0.2, -0.15) is 5.26 Å². The predicted octanol–water partition coefficient (Wildman–Crippen LogP) is 6.80. The lowest BCUT2D eigenvalue weighted by Crippen LogP contribution is -2.58. The number of nitriles is 1. The average Bonchev–Trinajstić information content (AvgIpc) is 3.58. The molecule has 5 atom stereocenters. The molecule has 7 fully saturated rings. The van der Waals surface area contributed by atoms with Gasteiger partial charge in [0.15, 0.2) is 5.41 Å². The largest absolute Gasteiger partial charge is 0.459 e. The minimum absolute atomic E-state index is 0.0000246. The summed E-state index contributed by atoms with van der Waals surface area (Å²) in [5.41, 5.74) is -1.41. The van der Waals surface area contributed by atoms with Gasteiger partial charge in [-0.3, -0.25) is 19.2 Å². The summed E-state index contributed by atoms with van der Waals surface area (Å²) >= 11 is 0. The Balaban J connectivity index is 0.000000162. The molecule has 1 heterocycles. The molecular formula is C37H57NO8. The maximum Gasteiger partial charge on any atom is 0.327 e. The summed E-state index contributed by atoms with van der Waals surface area (Å²) in [7, 11) is 0. The van der Waals surface area contributed by atoms with Crippen LogP contribution in [0.3, 0.4) is 0 Å². The van der Waals surface area contributed by atoms with Gasteiger partial charge in [0.05, 0.1) is 23.8 Å². The van der Waals surface area contributed by atoms with Crippen LogP contribution in [0.4, 0.5) is 0 Å². The third-order valence-electron chi connectivity index (χ3n) is 11.7. The summed E-state index contributed by atoms with van der Waals surface area (Å²) in [4.78, 5) is 46.5. The van der Waals surface area contributed by atoms with Crippen LogP contribution in [0.1, 0.15) is 121 Å². The lowest BCUT2D eigenvalue weighted by atomic mass is 9.50. The van der Waals surface area contributed by atoms with Crippen LogP contribution in [-0.4, -0.2) is 47.3 Å². The number of rotatable bonds is 7. The monoisotopic (exact) mass is 643 g/mol. The van der Waals surface area contributed by atoms with E-state index in [1.807, 2.05) is 48.5 Å². The molecule has 258 valence electrons. The SMILES string of the molecule is CC(C)C(=O)OC1(C)C2CC3CC(C2)CC1C3.CC(C)C(=O)OC1C2CC3C1OC(=O)C3(C#N)C2.CCC(C)(C)OC(=O)C(C)C. The van der Waals surface area contributed by atoms with Gasteiger partial charge in [-0.05, 0) is 95.8 Å². The van der Waals surface area contributed by atoms with Crippen molar-refractivity contribution in [1.82, 2.24) is 0 Å². The molecule has 5 unspecified atom stereocenters. The maximum atomic E-state index is 11.9. The van der Waals surface area contributed by atoms with Gasteiger partial charge in [0.2, 0.25) is 0 Å². The van der Waals surface area contributed by atoms with E-state index in [9.17, 15) is 24.4 Å². The second-order valence-electron chi connectivity index (χ2n) is 16.6. The minimum atomic E-state index is -0.962. The molecule has 0 amide bonds. The van der Waals surface area contributed by atoms with Gasteiger partial charge >= 0.3 is 23.9 Å². The van der Waals surface area contributed by atoms with Crippen LogP contribution in [0.15, 0.2) is 0 Å². The lowest BCUT2D eigenvalue weighted by Gasteiger charge is -2.59. The van der Waals surface area contributed by atoms with E-state index in [-0.39, 0.29) is 64.8 Å². The quantitative estimate of drug-likeness (QED) is 0.217. The summed E-state index contributed by atoms with van der Waals surface area (Å²) in [5.74, 6) is 2.13. The van der Waals surface area contributed by atoms with Crippen LogP contribution in [0, 0.1) is 70.0 Å². The van der Waals surface area contributed by atoms with Gasteiger partial charge < -0.3 is 18.9 Å². The van der Waals surface area contributed by atoms with Crippen molar-refractivity contribution in [1.29, 1.82) is 5.26 Å². The van der Waals surface area contributed by atoms with E-state index < -0.39 is 17.5 Å². The predicted molar refractivity (Wildman–Crippen MR) is 171 cm³/mol. The van der Waals surface area contributed by atoms with Gasteiger partial charge in [0, 0.05) is 11.8 Å². The van der Waals surface area contributed by atoms with E-state index in [4.69, 9.17) is 18.9 Å². The summed E-state index contributed by atoms with van der Waals surface area (Å²) < 4.78 is 21.9. The first-order valence-corrected chi connectivity index (χ1v) is 17.7. The minimum Gasteiger partial charge on any atom is -0.459 e. The van der Waals surface area contributed by atoms with Gasteiger partial charge in [0.1, 0.15) is 23.4 Å². The zero-order valence-electron chi connectivity index (χ0n) is 29.7. The maximum absolute atomic E-state index is 11.9. The standard InChI is InChI=1S/C15H24O2.C13H15NO4.C9H18O2/c1-9(2)14(16)17-15(3)12-5-10-4-11(7-12)8-13(15)6-10;1-6(2)11(15)17-9-7-3-8-10(9)18-12(16)13(8,4-7)5-14;1-6-9(4,5)11-8(10)7(2)3/h9-13H,4-8H2,1-3H3;6-10H,3-4H2,1-2H3;7H,6H2,1-5H3. The van der Waals surface area contributed by atoms with Crippen molar-refractivity contribution in [2.45, 2.75) is 144 Å². The number of hydrogen-bond acceptors (Lipinski definition) is 9. The Kier molecular flexibility index (Phi) is 10.6. The molecule has 46 heavy (non-hydrogen) atoms. The Morgan fingerprint density at radius 1 is 0.891 bits per heavy atom. The molecule has 6 bridgehead atoms. The van der Waals surface area contributed by atoms with Crippen molar-refractivity contribution in [2.75, 3.05) is 0 Å². The van der Waals surface area contributed by atoms with Crippen LogP contribution >= 0.6 is 0 Å². The van der Waals surface area contributed by atoms with Crippen LogP contribution < -0.4 is 0 Å². The molecule has 7 rings (SSSR count). The van der Waals surface area contributed by atoms with E-state index in [1.165, 1.54) is 32.1 Å². The number of hydrogen-bond donors (Lipinski definition) is 0. The fourth-order valence-corrected chi connectivity index (χ4v) is 8.64. The average molecular weight is 644 g/mol. The van der Waals surface area contributed by atoms with Gasteiger partial charge in [-0.15, -0.1) is 0 Å². The van der Waals surface area contributed by atoms with Crippen molar-refractivity contribution in [3.05, 3.63) is 0 Å². The molecule has 6 aliphatic carbocycles. The summed E-state index contributed by atoms with van der Waals surface area (Å²) in [5, 5.41) is 9.23. The molecule has 6 saturated carbocycles. The molecule has 9 heteroatoms. The van der Waals surface area contributed by atoms with Crippen molar-refractivity contribution >= 4 is 23.9 Å². The third-order valence-corrected chi connectivity index (χ3v) is 11.7. The van der Waals surface area contributed by atoms with E-state index >= 15 is 0 Å². The Hall–Kier alpha value is -2.63. The molecule has 0 aromatic heterocycles. The zero-order chi connectivity index (χ0) is 34.4. The summed E-state index contributed by atoms with van der Waals surface area (Å²) in [6.45, 7) is 19.2. The van der Waals surface area contributed by atoms with Crippen molar-refractivity contribution < 1.29 is 38.1 Å². The normalized spacial score (nSPS) is 37.6. The number of carbonyl (C=O) groups is 4. The summed E-state index contributed by atoms with van der Waals surface area (Å²) in [6, 6.07) is 2.13. The smallest absolute Gasteiger partial charge is 0.327 e. The fraction of sp³-hybridized carbons (Fsp3) is 0.865. The first kappa shape index (κ1) is 36.2. The third kappa shape index (κ3) is 6.97. The Bertz CT molecular complexity index is 1190. The van der Waals surface area contributed by atoms with Crippen molar-refractivity contribution in [3.8, 4) is 6.07 Å². The van der Waals surface area contributed by atoms with E-state index in [2.05, 4.69) is 13.0 Å².